The molecule has 0 saturated carbocycles. The average molecular weight is 266 g/mol. The van der Waals surface area contributed by atoms with Gasteiger partial charge in [-0.3, -0.25) is 14.6 Å². The highest BCUT2D eigenvalue weighted by molar-refractivity contribution is 5.76. The highest BCUT2D eigenvalue weighted by atomic mass is 16.2. The first kappa shape index (κ1) is 13.3. The second-order valence-corrected chi connectivity index (χ2v) is 6.01. The molecule has 0 aromatic heterocycles. The van der Waals surface area contributed by atoms with Crippen LogP contribution in [0.25, 0.3) is 0 Å². The molecule has 19 heavy (non-hydrogen) atoms. The van der Waals surface area contributed by atoms with E-state index in [1.807, 2.05) is 4.90 Å². The Morgan fingerprint density at radius 3 is 2.79 bits per heavy atom. The van der Waals surface area contributed by atoms with Gasteiger partial charge in [-0.1, -0.05) is 0 Å². The van der Waals surface area contributed by atoms with Gasteiger partial charge in [0.15, 0.2) is 0 Å². The third kappa shape index (κ3) is 3.27. The smallest absolute Gasteiger partial charge is 0.223 e. The van der Waals surface area contributed by atoms with Gasteiger partial charge in [0.2, 0.25) is 5.91 Å². The maximum atomic E-state index is 12.1. The number of hydrogen-bond acceptors (Lipinski definition) is 4. The van der Waals surface area contributed by atoms with E-state index in [1.54, 1.807) is 0 Å². The van der Waals surface area contributed by atoms with Gasteiger partial charge in [0.05, 0.1) is 0 Å². The van der Waals surface area contributed by atoms with Crippen LogP contribution in [0.4, 0.5) is 0 Å². The van der Waals surface area contributed by atoms with Gasteiger partial charge in [-0.25, -0.2) is 0 Å². The zero-order valence-corrected chi connectivity index (χ0v) is 11.8. The van der Waals surface area contributed by atoms with Crippen molar-refractivity contribution in [3.63, 3.8) is 0 Å². The van der Waals surface area contributed by atoms with E-state index in [-0.39, 0.29) is 0 Å². The van der Waals surface area contributed by atoms with Crippen molar-refractivity contribution in [2.45, 2.75) is 25.3 Å². The number of fused-ring (bicyclic) bond motifs is 1. The summed E-state index contributed by atoms with van der Waals surface area (Å²) in [5.74, 6) is 0.343. The van der Waals surface area contributed by atoms with Crippen LogP contribution in [0, 0.1) is 0 Å². The quantitative estimate of drug-likeness (QED) is 0.754. The Morgan fingerprint density at radius 2 is 1.95 bits per heavy atom. The first-order valence-electron chi connectivity index (χ1n) is 7.78. The molecule has 1 unspecified atom stereocenters. The SMILES string of the molecule is O=C(CCN1CCN2CCCC2C1)N1CCNCC1. The van der Waals surface area contributed by atoms with Crippen LogP contribution < -0.4 is 5.32 Å². The molecule has 3 heterocycles. The fourth-order valence-corrected chi connectivity index (χ4v) is 3.58. The van der Waals surface area contributed by atoms with Gasteiger partial charge in [0.25, 0.3) is 0 Å². The zero-order valence-electron chi connectivity index (χ0n) is 11.8. The number of carbonyl (C=O) groups excluding carboxylic acids is 1. The normalized spacial score (nSPS) is 29.5. The van der Waals surface area contributed by atoms with Crippen LogP contribution in [-0.2, 0) is 4.79 Å². The molecule has 1 atom stereocenters. The minimum absolute atomic E-state index is 0.343. The van der Waals surface area contributed by atoms with Crippen molar-refractivity contribution >= 4 is 5.91 Å². The second-order valence-electron chi connectivity index (χ2n) is 6.01. The monoisotopic (exact) mass is 266 g/mol. The molecular formula is C14H26N4O. The van der Waals surface area contributed by atoms with Crippen molar-refractivity contribution in [3.05, 3.63) is 0 Å². The lowest BCUT2D eigenvalue weighted by atomic mass is 10.1. The first-order chi connectivity index (χ1) is 9.33. The topological polar surface area (TPSA) is 38.8 Å². The standard InChI is InChI=1S/C14H26N4O/c19-14(18-8-4-15-5-9-18)3-7-16-10-11-17-6-1-2-13(17)12-16/h13,15H,1-12H2. The van der Waals surface area contributed by atoms with Crippen molar-refractivity contribution in [1.82, 2.24) is 20.0 Å². The Hall–Kier alpha value is -0.650. The predicted molar refractivity (Wildman–Crippen MR) is 75.1 cm³/mol. The van der Waals surface area contributed by atoms with E-state index in [2.05, 4.69) is 15.1 Å². The van der Waals surface area contributed by atoms with E-state index in [0.717, 1.165) is 45.3 Å². The molecule has 0 aromatic rings. The molecule has 0 radical (unpaired) electrons. The van der Waals surface area contributed by atoms with Crippen LogP contribution in [0.5, 0.6) is 0 Å². The molecule has 1 amide bonds. The lowest BCUT2D eigenvalue weighted by Gasteiger charge is -2.37. The van der Waals surface area contributed by atoms with Crippen LogP contribution >= 0.6 is 0 Å². The number of amides is 1. The minimum Gasteiger partial charge on any atom is -0.340 e. The number of hydrogen-bond donors (Lipinski definition) is 1. The van der Waals surface area contributed by atoms with Gasteiger partial charge in [0.1, 0.15) is 0 Å². The lowest BCUT2D eigenvalue weighted by molar-refractivity contribution is -0.132. The molecule has 108 valence electrons. The Kier molecular flexibility index (Phi) is 4.35. The van der Waals surface area contributed by atoms with Crippen LogP contribution in [0.2, 0.25) is 0 Å². The summed E-state index contributed by atoms with van der Waals surface area (Å²) >= 11 is 0. The number of rotatable bonds is 3. The van der Waals surface area contributed by atoms with E-state index in [9.17, 15) is 4.79 Å². The molecule has 5 nitrogen and oxygen atoms in total. The third-order valence-corrected chi connectivity index (χ3v) is 4.78. The molecule has 0 bridgehead atoms. The molecule has 3 saturated heterocycles. The maximum absolute atomic E-state index is 12.1. The first-order valence-corrected chi connectivity index (χ1v) is 7.78. The van der Waals surface area contributed by atoms with Crippen molar-refractivity contribution in [2.24, 2.45) is 0 Å². The van der Waals surface area contributed by atoms with Crippen LogP contribution in [-0.4, -0.2) is 85.6 Å². The van der Waals surface area contributed by atoms with Gasteiger partial charge < -0.3 is 10.2 Å². The summed E-state index contributed by atoms with van der Waals surface area (Å²) in [7, 11) is 0. The summed E-state index contributed by atoms with van der Waals surface area (Å²) in [4.78, 5) is 19.3. The summed E-state index contributed by atoms with van der Waals surface area (Å²) in [6, 6.07) is 0.767. The number of carbonyl (C=O) groups is 1. The Labute approximate surface area is 115 Å². The Balaban J connectivity index is 1.40. The van der Waals surface area contributed by atoms with Crippen molar-refractivity contribution < 1.29 is 4.79 Å². The molecule has 3 fully saturated rings. The van der Waals surface area contributed by atoms with E-state index in [0.29, 0.717) is 12.3 Å². The highest BCUT2D eigenvalue weighted by Crippen LogP contribution is 2.21. The summed E-state index contributed by atoms with van der Waals surface area (Å²) in [5, 5.41) is 3.29. The molecule has 3 rings (SSSR count). The number of piperazine rings is 2. The van der Waals surface area contributed by atoms with Gasteiger partial charge in [-0.15, -0.1) is 0 Å². The van der Waals surface area contributed by atoms with E-state index in [1.165, 1.54) is 32.5 Å². The lowest BCUT2D eigenvalue weighted by Crippen LogP contribution is -2.51. The third-order valence-electron chi connectivity index (χ3n) is 4.78. The number of nitrogens with one attached hydrogen (secondary N) is 1. The largest absolute Gasteiger partial charge is 0.340 e. The molecular weight excluding hydrogens is 240 g/mol. The summed E-state index contributed by atoms with van der Waals surface area (Å²) in [6.07, 6.45) is 3.41. The Bertz CT molecular complexity index is 317. The van der Waals surface area contributed by atoms with Crippen LogP contribution in [0.1, 0.15) is 19.3 Å². The Morgan fingerprint density at radius 1 is 1.11 bits per heavy atom. The van der Waals surface area contributed by atoms with Gasteiger partial charge in [-0.2, -0.15) is 0 Å². The van der Waals surface area contributed by atoms with E-state index < -0.39 is 0 Å². The maximum Gasteiger partial charge on any atom is 0.223 e. The van der Waals surface area contributed by atoms with Gasteiger partial charge in [-0.05, 0) is 19.4 Å². The minimum atomic E-state index is 0.343. The molecule has 0 spiro atoms. The predicted octanol–water partition coefficient (Wildman–Crippen LogP) is -0.412. The number of nitrogens with zero attached hydrogens (tertiary/aromatic N) is 3. The molecule has 3 aliphatic heterocycles. The van der Waals surface area contributed by atoms with E-state index >= 15 is 0 Å². The average Bonchev–Trinajstić information content (AvgIpc) is 2.93. The fourth-order valence-electron chi connectivity index (χ4n) is 3.58. The summed E-state index contributed by atoms with van der Waals surface area (Å²) < 4.78 is 0. The van der Waals surface area contributed by atoms with Crippen molar-refractivity contribution in [3.8, 4) is 0 Å². The van der Waals surface area contributed by atoms with Crippen molar-refractivity contribution in [1.29, 1.82) is 0 Å². The molecule has 0 aliphatic carbocycles. The molecule has 5 heteroatoms. The van der Waals surface area contributed by atoms with Crippen LogP contribution in [0.15, 0.2) is 0 Å². The fraction of sp³-hybridized carbons (Fsp3) is 0.929. The van der Waals surface area contributed by atoms with Crippen molar-refractivity contribution in [2.75, 3.05) is 58.9 Å². The molecule has 1 N–H and O–H groups in total. The summed E-state index contributed by atoms with van der Waals surface area (Å²) in [6.45, 7) is 9.43. The van der Waals surface area contributed by atoms with E-state index in [4.69, 9.17) is 0 Å². The highest BCUT2D eigenvalue weighted by Gasteiger charge is 2.30. The molecule has 0 aromatic carbocycles. The summed E-state index contributed by atoms with van der Waals surface area (Å²) in [5.41, 5.74) is 0. The molecule has 3 aliphatic rings. The zero-order chi connectivity index (χ0) is 13.1. The second kappa shape index (κ2) is 6.20. The van der Waals surface area contributed by atoms with Gasteiger partial charge >= 0.3 is 0 Å². The van der Waals surface area contributed by atoms with Gasteiger partial charge in [0, 0.05) is 64.8 Å². The van der Waals surface area contributed by atoms with Crippen LogP contribution in [0.3, 0.4) is 0 Å².